The van der Waals surface area contributed by atoms with Crippen molar-refractivity contribution in [3.8, 4) is 0 Å². The molecule has 0 aliphatic carbocycles. The van der Waals surface area contributed by atoms with E-state index in [2.05, 4.69) is 9.80 Å². The van der Waals surface area contributed by atoms with E-state index in [1.807, 2.05) is 24.3 Å². The summed E-state index contributed by atoms with van der Waals surface area (Å²) in [5.74, 6) is 0.308. The van der Waals surface area contributed by atoms with Crippen LogP contribution in [0, 0.1) is 0 Å². The summed E-state index contributed by atoms with van der Waals surface area (Å²) < 4.78 is 23.4. The molecule has 2 fully saturated rings. The molecule has 0 bridgehead atoms. The third-order valence-electron chi connectivity index (χ3n) is 4.34. The number of nitrogens with zero attached hydrogens (tertiary/aromatic N) is 2. The van der Waals surface area contributed by atoms with Gasteiger partial charge in [-0.2, -0.15) is 0 Å². The fourth-order valence-electron chi connectivity index (χ4n) is 3.23. The first-order chi connectivity index (χ1) is 9.96. The summed E-state index contributed by atoms with van der Waals surface area (Å²) in [5, 5.41) is 0.756. The van der Waals surface area contributed by atoms with Gasteiger partial charge in [-0.25, -0.2) is 8.42 Å². The summed E-state index contributed by atoms with van der Waals surface area (Å²) in [5.41, 5.74) is 7.04. The molecule has 3 rings (SSSR count). The topological polar surface area (TPSA) is 66.6 Å². The molecule has 2 heterocycles. The lowest BCUT2D eigenvalue weighted by Crippen LogP contribution is -2.55. The van der Waals surface area contributed by atoms with E-state index in [1.54, 1.807) is 0 Å². The average Bonchev–Trinajstić information content (AvgIpc) is 2.73. The van der Waals surface area contributed by atoms with Crippen LogP contribution in [-0.4, -0.2) is 63.1 Å². The maximum atomic E-state index is 11.7. The largest absolute Gasteiger partial charge is 0.368 e. The van der Waals surface area contributed by atoms with Crippen molar-refractivity contribution in [3.63, 3.8) is 0 Å². The molecule has 0 amide bonds. The second-order valence-electron chi connectivity index (χ2n) is 5.78. The van der Waals surface area contributed by atoms with Gasteiger partial charge in [0.2, 0.25) is 0 Å². The lowest BCUT2D eigenvalue weighted by atomic mass is 10.1. The van der Waals surface area contributed by atoms with E-state index in [-0.39, 0.29) is 23.6 Å². The molecule has 2 saturated heterocycles. The maximum Gasteiger partial charge on any atom is 0.153 e. The molecule has 2 aliphatic heterocycles. The van der Waals surface area contributed by atoms with Crippen molar-refractivity contribution in [2.75, 3.05) is 42.6 Å². The van der Waals surface area contributed by atoms with Crippen LogP contribution in [0.3, 0.4) is 0 Å². The van der Waals surface area contributed by atoms with Crippen LogP contribution in [0.15, 0.2) is 24.3 Å². The van der Waals surface area contributed by atoms with Crippen molar-refractivity contribution in [1.82, 2.24) is 4.90 Å². The van der Waals surface area contributed by atoms with E-state index >= 15 is 0 Å². The molecule has 1 aromatic carbocycles. The number of sulfone groups is 1. The van der Waals surface area contributed by atoms with Gasteiger partial charge in [-0.3, -0.25) is 4.90 Å². The van der Waals surface area contributed by atoms with Gasteiger partial charge in [-0.15, -0.1) is 0 Å². The highest BCUT2D eigenvalue weighted by atomic mass is 35.5. The van der Waals surface area contributed by atoms with Gasteiger partial charge in [0.25, 0.3) is 0 Å². The van der Waals surface area contributed by atoms with E-state index < -0.39 is 9.84 Å². The van der Waals surface area contributed by atoms with E-state index in [1.165, 1.54) is 0 Å². The summed E-state index contributed by atoms with van der Waals surface area (Å²) in [6, 6.07) is 7.51. The molecular formula is C14H20ClN3O2S. The minimum absolute atomic E-state index is 0.0385. The molecule has 0 aromatic heterocycles. The fourth-order valence-corrected chi connectivity index (χ4v) is 5.41. The molecule has 0 saturated carbocycles. The molecule has 0 radical (unpaired) electrons. The Morgan fingerprint density at radius 2 is 1.76 bits per heavy atom. The van der Waals surface area contributed by atoms with Gasteiger partial charge in [-0.1, -0.05) is 23.7 Å². The number of para-hydroxylation sites is 1. The number of anilines is 1. The first-order valence-electron chi connectivity index (χ1n) is 7.16. The molecule has 2 N–H and O–H groups in total. The van der Waals surface area contributed by atoms with Gasteiger partial charge in [0.15, 0.2) is 9.84 Å². The van der Waals surface area contributed by atoms with Gasteiger partial charge in [0, 0.05) is 38.3 Å². The van der Waals surface area contributed by atoms with E-state index in [0.717, 1.165) is 36.9 Å². The van der Waals surface area contributed by atoms with Gasteiger partial charge in [0.1, 0.15) is 0 Å². The molecule has 0 spiro atoms. The lowest BCUT2D eigenvalue weighted by Gasteiger charge is -2.40. The second-order valence-corrected chi connectivity index (χ2v) is 8.34. The van der Waals surface area contributed by atoms with Crippen LogP contribution in [0.2, 0.25) is 5.02 Å². The Labute approximate surface area is 130 Å². The van der Waals surface area contributed by atoms with E-state index in [4.69, 9.17) is 17.3 Å². The average molecular weight is 330 g/mol. The van der Waals surface area contributed by atoms with Crippen LogP contribution in [0.5, 0.6) is 0 Å². The van der Waals surface area contributed by atoms with Crippen molar-refractivity contribution in [2.24, 2.45) is 5.73 Å². The number of halogens is 1. The predicted molar refractivity (Wildman–Crippen MR) is 85.7 cm³/mol. The molecular weight excluding hydrogens is 310 g/mol. The zero-order chi connectivity index (χ0) is 15.0. The fraction of sp³-hybridized carbons (Fsp3) is 0.571. The Morgan fingerprint density at radius 1 is 1.10 bits per heavy atom. The van der Waals surface area contributed by atoms with E-state index in [9.17, 15) is 8.42 Å². The molecule has 7 heteroatoms. The summed E-state index contributed by atoms with van der Waals surface area (Å²) >= 11 is 6.23. The summed E-state index contributed by atoms with van der Waals surface area (Å²) in [6.07, 6.45) is 0. The Hall–Kier alpha value is -0.820. The minimum Gasteiger partial charge on any atom is -0.368 e. The smallest absolute Gasteiger partial charge is 0.153 e. The number of nitrogens with two attached hydrogens (primary N) is 1. The molecule has 1 aromatic rings. The van der Waals surface area contributed by atoms with Crippen molar-refractivity contribution < 1.29 is 8.42 Å². The monoisotopic (exact) mass is 329 g/mol. The van der Waals surface area contributed by atoms with Crippen LogP contribution >= 0.6 is 11.6 Å². The van der Waals surface area contributed by atoms with Crippen molar-refractivity contribution in [2.45, 2.75) is 12.1 Å². The molecule has 2 aliphatic rings. The molecule has 5 nitrogen and oxygen atoms in total. The minimum atomic E-state index is -2.97. The Balaban J connectivity index is 1.65. The Kier molecular flexibility index (Phi) is 4.14. The van der Waals surface area contributed by atoms with Crippen LogP contribution < -0.4 is 10.6 Å². The van der Waals surface area contributed by atoms with Gasteiger partial charge >= 0.3 is 0 Å². The Bertz CT molecular complexity index is 614. The van der Waals surface area contributed by atoms with Crippen molar-refractivity contribution in [3.05, 3.63) is 29.3 Å². The number of piperazine rings is 1. The summed E-state index contributed by atoms with van der Waals surface area (Å²) in [4.78, 5) is 4.45. The molecule has 2 atom stereocenters. The molecule has 21 heavy (non-hydrogen) atoms. The summed E-state index contributed by atoms with van der Waals surface area (Å²) in [7, 11) is -2.97. The highest BCUT2D eigenvalue weighted by molar-refractivity contribution is 7.91. The third kappa shape index (κ3) is 3.18. The molecule has 2 unspecified atom stereocenters. The van der Waals surface area contributed by atoms with Gasteiger partial charge < -0.3 is 10.6 Å². The number of rotatable bonds is 2. The Morgan fingerprint density at radius 3 is 2.33 bits per heavy atom. The zero-order valence-corrected chi connectivity index (χ0v) is 13.4. The summed E-state index contributed by atoms with van der Waals surface area (Å²) in [6.45, 7) is 3.32. The maximum absolute atomic E-state index is 11.7. The van der Waals surface area contributed by atoms with Crippen LogP contribution in [0.25, 0.3) is 0 Å². The normalized spacial score (nSPS) is 29.7. The number of hydrogen-bond acceptors (Lipinski definition) is 5. The van der Waals surface area contributed by atoms with Crippen LogP contribution in [0.4, 0.5) is 5.69 Å². The first kappa shape index (κ1) is 15.1. The number of benzene rings is 1. The molecule has 116 valence electrons. The second kappa shape index (κ2) is 5.76. The SMILES string of the molecule is NC1CS(=O)(=O)CC1N1CCN(c2ccccc2Cl)CC1. The lowest BCUT2D eigenvalue weighted by molar-refractivity contribution is 0.187. The van der Waals surface area contributed by atoms with Gasteiger partial charge in [-0.05, 0) is 12.1 Å². The quantitative estimate of drug-likeness (QED) is 0.860. The zero-order valence-electron chi connectivity index (χ0n) is 11.8. The van der Waals surface area contributed by atoms with Crippen LogP contribution in [-0.2, 0) is 9.84 Å². The number of hydrogen-bond donors (Lipinski definition) is 1. The third-order valence-corrected chi connectivity index (χ3v) is 6.40. The van der Waals surface area contributed by atoms with E-state index in [0.29, 0.717) is 0 Å². The highest BCUT2D eigenvalue weighted by Crippen LogP contribution is 2.27. The predicted octanol–water partition coefficient (Wildman–Crippen LogP) is 0.586. The highest BCUT2D eigenvalue weighted by Gasteiger charge is 2.39. The standard InChI is InChI=1S/C14H20ClN3O2S/c15-11-3-1-2-4-13(11)17-5-7-18(8-6-17)14-10-21(19,20)9-12(14)16/h1-4,12,14H,5-10,16H2. The first-order valence-corrected chi connectivity index (χ1v) is 9.36. The van der Waals surface area contributed by atoms with Crippen LogP contribution in [0.1, 0.15) is 0 Å². The van der Waals surface area contributed by atoms with Crippen molar-refractivity contribution in [1.29, 1.82) is 0 Å². The van der Waals surface area contributed by atoms with Crippen molar-refractivity contribution >= 4 is 27.1 Å². The van der Waals surface area contributed by atoms with Gasteiger partial charge in [0.05, 0.1) is 22.2 Å².